The summed E-state index contributed by atoms with van der Waals surface area (Å²) in [6.07, 6.45) is 6.15. The molecule has 5 nitrogen and oxygen atoms in total. The van der Waals surface area contributed by atoms with Crippen molar-refractivity contribution in [2.24, 2.45) is 0 Å². The maximum atomic E-state index is 13.8. The second-order valence-electron chi connectivity index (χ2n) is 7.96. The molecule has 2 saturated heterocycles. The third-order valence-corrected chi connectivity index (χ3v) is 6.25. The monoisotopic (exact) mass is 393 g/mol. The lowest BCUT2D eigenvalue weighted by molar-refractivity contribution is 0.181. The van der Waals surface area contributed by atoms with Gasteiger partial charge in [0.05, 0.1) is 5.52 Å². The number of carbonyl (C=O) groups excluding carboxylic acids is 1. The van der Waals surface area contributed by atoms with E-state index < -0.39 is 11.9 Å². The van der Waals surface area contributed by atoms with Crippen LogP contribution in [0.25, 0.3) is 10.9 Å². The van der Waals surface area contributed by atoms with Gasteiger partial charge in [0.2, 0.25) is 0 Å². The van der Waals surface area contributed by atoms with Crippen molar-refractivity contribution >= 4 is 17.0 Å². The first-order valence-electron chi connectivity index (χ1n) is 10.3. The van der Waals surface area contributed by atoms with E-state index >= 15 is 0 Å². The minimum Gasteiger partial charge on any atom is -0.406 e. The summed E-state index contributed by atoms with van der Waals surface area (Å²) in [5.41, 5.74) is 4.93. The predicted molar refractivity (Wildman–Crippen MR) is 110 cm³/mol. The molecule has 0 aliphatic carbocycles. The average molecular weight is 393 g/mol. The third-order valence-electron chi connectivity index (χ3n) is 6.25. The third kappa shape index (κ3) is 3.49. The second-order valence-corrected chi connectivity index (χ2v) is 7.96. The van der Waals surface area contributed by atoms with Crippen LogP contribution >= 0.6 is 0 Å². The highest BCUT2D eigenvalue weighted by atomic mass is 19.1. The van der Waals surface area contributed by atoms with Gasteiger partial charge in [-0.25, -0.2) is 14.6 Å². The molecule has 2 aliphatic rings. The average Bonchev–Trinajstić information content (AvgIpc) is 3.34. The number of hydrogen-bond donors (Lipinski definition) is 1. The molecule has 2 fully saturated rings. The van der Waals surface area contributed by atoms with E-state index in [0.717, 1.165) is 30.3 Å². The van der Waals surface area contributed by atoms with Crippen molar-refractivity contribution in [3.8, 4) is 5.75 Å². The highest BCUT2D eigenvalue weighted by Crippen LogP contribution is 2.39. The molecule has 6 heteroatoms. The molecular formula is C23H24FN3O2. The Hall–Kier alpha value is -2.86. The van der Waals surface area contributed by atoms with Crippen LogP contribution < -0.4 is 10.2 Å². The van der Waals surface area contributed by atoms with Crippen molar-refractivity contribution in [3.05, 3.63) is 66.1 Å². The van der Waals surface area contributed by atoms with Crippen LogP contribution in [0.15, 0.2) is 54.7 Å². The molecule has 0 spiro atoms. The predicted octanol–water partition coefficient (Wildman–Crippen LogP) is 4.86. The van der Waals surface area contributed by atoms with Gasteiger partial charge < -0.3 is 9.64 Å². The van der Waals surface area contributed by atoms with E-state index in [4.69, 9.17) is 4.74 Å². The van der Waals surface area contributed by atoms with Crippen molar-refractivity contribution in [3.63, 3.8) is 0 Å². The van der Waals surface area contributed by atoms with Crippen LogP contribution in [-0.2, 0) is 0 Å². The zero-order valence-corrected chi connectivity index (χ0v) is 16.2. The number of halogens is 1. The van der Waals surface area contributed by atoms with E-state index in [1.54, 1.807) is 16.8 Å². The van der Waals surface area contributed by atoms with Gasteiger partial charge in [-0.3, -0.25) is 4.68 Å². The molecular weight excluding hydrogens is 369 g/mol. The molecule has 150 valence electrons. The summed E-state index contributed by atoms with van der Waals surface area (Å²) in [7, 11) is 0. The molecule has 2 unspecified atom stereocenters. The van der Waals surface area contributed by atoms with E-state index in [0.29, 0.717) is 12.0 Å². The molecule has 2 aromatic carbocycles. The Morgan fingerprint density at radius 3 is 2.79 bits per heavy atom. The molecule has 2 aliphatic heterocycles. The summed E-state index contributed by atoms with van der Waals surface area (Å²) in [5.74, 6) is -0.177. The fraction of sp³-hybridized carbons (Fsp3) is 0.348. The minimum atomic E-state index is -0.715. The molecule has 5 rings (SSSR count). The number of fused-ring (bicyclic) bond motifs is 2. The number of para-hydroxylation sites is 2. The van der Waals surface area contributed by atoms with Gasteiger partial charge in [0.1, 0.15) is 0 Å². The molecule has 1 amide bonds. The maximum absolute atomic E-state index is 13.8. The topological polar surface area (TPSA) is 46.5 Å². The number of carbonyl (C=O) groups is 1. The number of hydrogen-bond acceptors (Lipinski definition) is 3. The summed E-state index contributed by atoms with van der Waals surface area (Å²) in [4.78, 5) is 15.0. The highest BCUT2D eigenvalue weighted by molar-refractivity contribution is 5.88. The van der Waals surface area contributed by atoms with Gasteiger partial charge in [-0.05, 0) is 68.5 Å². The van der Waals surface area contributed by atoms with Crippen molar-refractivity contribution in [2.75, 3.05) is 18.5 Å². The van der Waals surface area contributed by atoms with Crippen LogP contribution in [0.5, 0.6) is 5.75 Å². The number of ether oxygens (including phenoxy) is 1. The quantitative estimate of drug-likeness (QED) is 0.691. The number of rotatable bonds is 3. The Balaban J connectivity index is 1.40. The van der Waals surface area contributed by atoms with E-state index in [2.05, 4.69) is 16.4 Å². The minimum absolute atomic E-state index is 0.0877. The summed E-state index contributed by atoms with van der Waals surface area (Å²) in [5, 5.41) is 1.15. The summed E-state index contributed by atoms with van der Waals surface area (Å²) < 4.78 is 20.6. The highest BCUT2D eigenvalue weighted by Gasteiger charge is 2.33. The Kier molecular flexibility index (Phi) is 4.72. The van der Waals surface area contributed by atoms with Crippen molar-refractivity contribution in [2.45, 2.75) is 37.6 Å². The molecule has 3 heterocycles. The lowest BCUT2D eigenvalue weighted by atomic mass is 9.85. The summed E-state index contributed by atoms with van der Waals surface area (Å²) in [6.45, 7) is 2.36. The number of amides is 1. The number of aromatic nitrogens is 1. The molecule has 2 atom stereocenters. The van der Waals surface area contributed by atoms with Crippen LogP contribution in [-0.4, -0.2) is 34.8 Å². The van der Waals surface area contributed by atoms with E-state index in [9.17, 15) is 9.18 Å². The molecule has 1 N–H and O–H groups in total. The standard InChI is InChI=1S/C23H24FN3O2/c24-20-8-2-4-10-22(20)29-23(28)25-27-15-19(18-7-1-3-9-21(18)27)16-11-13-26-12-5-6-17(26)14-16/h1-4,7-10,15-17H,5-6,11-14H2,(H,25,28). The second kappa shape index (κ2) is 7.52. The maximum Gasteiger partial charge on any atom is 0.432 e. The fourth-order valence-corrected chi connectivity index (χ4v) is 4.88. The van der Waals surface area contributed by atoms with Gasteiger partial charge in [0.25, 0.3) is 0 Å². The van der Waals surface area contributed by atoms with E-state index in [1.807, 2.05) is 24.4 Å². The Labute approximate surface area is 169 Å². The molecule has 29 heavy (non-hydrogen) atoms. The molecule has 0 bridgehead atoms. The van der Waals surface area contributed by atoms with Crippen molar-refractivity contribution < 1.29 is 13.9 Å². The summed E-state index contributed by atoms with van der Waals surface area (Å²) >= 11 is 0. The van der Waals surface area contributed by atoms with Gasteiger partial charge in [0, 0.05) is 17.6 Å². The zero-order valence-electron chi connectivity index (χ0n) is 16.2. The van der Waals surface area contributed by atoms with E-state index in [1.165, 1.54) is 37.1 Å². The van der Waals surface area contributed by atoms with Crippen LogP contribution in [0.3, 0.4) is 0 Å². The van der Waals surface area contributed by atoms with Gasteiger partial charge in [-0.15, -0.1) is 0 Å². The Bertz CT molecular complexity index is 1050. The number of nitrogens with one attached hydrogen (secondary N) is 1. The van der Waals surface area contributed by atoms with Crippen LogP contribution in [0.4, 0.5) is 9.18 Å². The first-order valence-corrected chi connectivity index (χ1v) is 10.3. The van der Waals surface area contributed by atoms with Crippen LogP contribution in [0.1, 0.15) is 37.2 Å². The normalized spacial score (nSPS) is 21.8. The van der Waals surface area contributed by atoms with Gasteiger partial charge >= 0.3 is 6.09 Å². The lowest BCUT2D eigenvalue weighted by Gasteiger charge is -2.34. The largest absolute Gasteiger partial charge is 0.432 e. The van der Waals surface area contributed by atoms with Crippen molar-refractivity contribution in [1.29, 1.82) is 0 Å². The van der Waals surface area contributed by atoms with Gasteiger partial charge in [-0.2, -0.15) is 0 Å². The lowest BCUT2D eigenvalue weighted by Crippen LogP contribution is -2.37. The SMILES string of the molecule is O=C(Nn1cc(C2CCN3CCCC3C2)c2ccccc21)Oc1ccccc1F. The molecule has 1 aromatic heterocycles. The van der Waals surface area contributed by atoms with Crippen molar-refractivity contribution in [1.82, 2.24) is 9.58 Å². The first kappa shape index (κ1) is 18.2. The van der Waals surface area contributed by atoms with Crippen LogP contribution in [0.2, 0.25) is 0 Å². The molecule has 0 radical (unpaired) electrons. The Morgan fingerprint density at radius 1 is 1.07 bits per heavy atom. The fourth-order valence-electron chi connectivity index (χ4n) is 4.88. The first-order chi connectivity index (χ1) is 14.2. The van der Waals surface area contributed by atoms with Gasteiger partial charge in [0.15, 0.2) is 11.6 Å². The number of benzene rings is 2. The zero-order chi connectivity index (χ0) is 19.8. The van der Waals surface area contributed by atoms with E-state index in [-0.39, 0.29) is 5.75 Å². The smallest absolute Gasteiger partial charge is 0.406 e. The number of piperidine rings is 1. The Morgan fingerprint density at radius 2 is 1.90 bits per heavy atom. The molecule has 3 aromatic rings. The van der Waals surface area contributed by atoms with Gasteiger partial charge in [-0.1, -0.05) is 30.3 Å². The van der Waals surface area contributed by atoms with Crippen LogP contribution in [0, 0.1) is 5.82 Å². The summed E-state index contributed by atoms with van der Waals surface area (Å²) in [6, 6.07) is 14.6. The molecule has 0 saturated carbocycles. The number of nitrogens with zero attached hydrogens (tertiary/aromatic N) is 2.